The fraction of sp³-hybridized carbons (Fsp3) is 0.487. The molecule has 2 saturated heterocycles. The van der Waals surface area contributed by atoms with Crippen LogP contribution in [0.25, 0.3) is 0 Å². The van der Waals surface area contributed by atoms with Crippen molar-refractivity contribution in [3.05, 3.63) is 89.5 Å². The number of nitrogens with one attached hydrogen (secondary N) is 1. The molecule has 2 aromatic carbocycles. The summed E-state index contributed by atoms with van der Waals surface area (Å²) in [7, 11) is 0. The lowest BCUT2D eigenvalue weighted by molar-refractivity contribution is -0.161. The van der Waals surface area contributed by atoms with E-state index in [9.17, 15) is 19.5 Å². The molecular weight excluding hydrogens is 622 g/mol. The second-order valence-corrected chi connectivity index (χ2v) is 14.2. The highest BCUT2D eigenvalue weighted by Gasteiger charge is 2.74. The summed E-state index contributed by atoms with van der Waals surface area (Å²) in [5.74, 6) is -3.58. The number of cyclic esters (lactones) is 1. The van der Waals surface area contributed by atoms with Crippen molar-refractivity contribution in [2.75, 3.05) is 18.1 Å². The van der Waals surface area contributed by atoms with E-state index in [-0.39, 0.29) is 37.3 Å². The van der Waals surface area contributed by atoms with Crippen molar-refractivity contribution in [1.29, 1.82) is 0 Å². The van der Waals surface area contributed by atoms with E-state index >= 15 is 4.79 Å². The fourth-order valence-electron chi connectivity index (χ4n) is 8.26. The number of carbonyl (C=O) groups is 4. The Morgan fingerprint density at radius 2 is 1.69 bits per heavy atom. The lowest BCUT2D eigenvalue weighted by Crippen LogP contribution is -2.59. The number of hydrogen-bond donors (Lipinski definition) is 2. The largest absolute Gasteiger partial charge is 0.455 e. The molecule has 3 amide bonds. The molecule has 0 aromatic heterocycles. The Morgan fingerprint density at radius 1 is 0.980 bits per heavy atom. The predicted molar refractivity (Wildman–Crippen MR) is 184 cm³/mol. The number of likely N-dealkylation sites (tertiary alicyclic amines) is 1. The lowest BCUT2D eigenvalue weighted by Gasteiger charge is -2.39. The van der Waals surface area contributed by atoms with Crippen LogP contribution in [0.15, 0.2) is 72.8 Å². The molecule has 4 heterocycles. The fourth-order valence-corrected chi connectivity index (χ4v) is 8.26. The molecule has 260 valence electrons. The van der Waals surface area contributed by atoms with Gasteiger partial charge in [-0.25, -0.2) is 0 Å². The molecule has 10 nitrogen and oxygen atoms in total. The average molecular weight is 670 g/mol. The van der Waals surface area contributed by atoms with Gasteiger partial charge in [-0.1, -0.05) is 86.7 Å². The van der Waals surface area contributed by atoms with Crippen LogP contribution in [0.4, 0.5) is 5.69 Å². The van der Waals surface area contributed by atoms with Crippen LogP contribution >= 0.6 is 0 Å². The molecule has 10 heteroatoms. The van der Waals surface area contributed by atoms with Crippen LogP contribution < -0.4 is 10.2 Å². The first kappa shape index (κ1) is 34.6. The molecule has 0 unspecified atom stereocenters. The van der Waals surface area contributed by atoms with Gasteiger partial charge in [0.15, 0.2) is 0 Å². The van der Waals surface area contributed by atoms with E-state index in [0.29, 0.717) is 18.4 Å². The zero-order chi connectivity index (χ0) is 35.0. The molecule has 0 aliphatic carbocycles. The highest BCUT2D eigenvalue weighted by Crippen LogP contribution is 2.56. The number of esters is 1. The number of para-hydroxylation sites is 1. The average Bonchev–Trinajstić information content (AvgIpc) is 3.71. The molecule has 0 saturated carbocycles. The maximum Gasteiger partial charge on any atom is 0.313 e. The van der Waals surface area contributed by atoms with Crippen molar-refractivity contribution in [3.63, 3.8) is 0 Å². The van der Waals surface area contributed by atoms with Crippen LogP contribution in [0, 0.1) is 31.6 Å². The van der Waals surface area contributed by atoms with Crippen molar-refractivity contribution in [1.82, 2.24) is 10.2 Å². The number of ether oxygens (including phenoxy) is 2. The molecule has 2 fully saturated rings. The summed E-state index contributed by atoms with van der Waals surface area (Å²) in [4.78, 5) is 60.6. The summed E-state index contributed by atoms with van der Waals surface area (Å²) in [6, 6.07) is 12.6. The van der Waals surface area contributed by atoms with Crippen LogP contribution in [0.1, 0.15) is 62.8 Å². The SMILES string of the molecule is Cc1cccc(C)c1N1C/C=C\CCC(=O)N[C@H](C)[C@@H](c2ccccc2)OC(=O)[C@@H]2[C@@H]3C=C[C@]4(O3)[C@H](C1=O)N([C@@H](CO)CC(C)C)C(=O)[C@@H]24. The number of amides is 3. The second-order valence-electron chi connectivity index (χ2n) is 14.2. The number of allylic oxidation sites excluding steroid dienone is 1. The van der Waals surface area contributed by atoms with Gasteiger partial charge in [-0.15, -0.1) is 0 Å². The Hall–Kier alpha value is -4.28. The first-order valence-corrected chi connectivity index (χ1v) is 17.4. The smallest absolute Gasteiger partial charge is 0.313 e. The molecule has 2 aromatic rings. The number of hydrogen-bond acceptors (Lipinski definition) is 7. The van der Waals surface area contributed by atoms with Gasteiger partial charge >= 0.3 is 5.97 Å². The molecule has 6 rings (SSSR count). The molecule has 5 bridgehead atoms. The third-order valence-corrected chi connectivity index (χ3v) is 10.3. The molecular formula is C39H47N3O7. The van der Waals surface area contributed by atoms with E-state index in [1.54, 1.807) is 24.0 Å². The first-order chi connectivity index (χ1) is 23.5. The van der Waals surface area contributed by atoms with Crippen LogP contribution in [0.3, 0.4) is 0 Å². The molecule has 0 radical (unpaired) electrons. The van der Waals surface area contributed by atoms with E-state index in [4.69, 9.17) is 9.47 Å². The van der Waals surface area contributed by atoms with Gasteiger partial charge in [0.25, 0.3) is 5.91 Å². The highest BCUT2D eigenvalue weighted by molar-refractivity contribution is 6.06. The lowest BCUT2D eigenvalue weighted by atomic mass is 9.74. The first-order valence-electron chi connectivity index (χ1n) is 17.4. The number of aryl methyl sites for hydroxylation is 2. The summed E-state index contributed by atoms with van der Waals surface area (Å²) in [6.07, 6.45) is 6.76. The molecule has 8 atom stereocenters. The number of benzene rings is 2. The molecule has 2 N–H and O–H groups in total. The van der Waals surface area contributed by atoms with Gasteiger partial charge in [0.2, 0.25) is 11.8 Å². The summed E-state index contributed by atoms with van der Waals surface area (Å²) in [5, 5.41) is 13.7. The van der Waals surface area contributed by atoms with Crippen LogP contribution in [-0.4, -0.2) is 76.7 Å². The molecule has 4 aliphatic rings. The molecule has 49 heavy (non-hydrogen) atoms. The normalized spacial score (nSPS) is 31.6. The summed E-state index contributed by atoms with van der Waals surface area (Å²) in [5.41, 5.74) is 1.74. The Morgan fingerprint density at radius 3 is 2.37 bits per heavy atom. The zero-order valence-electron chi connectivity index (χ0n) is 28.9. The Kier molecular flexibility index (Phi) is 9.82. The molecule has 1 spiro atoms. The van der Waals surface area contributed by atoms with Crippen LogP contribution in [0.5, 0.6) is 0 Å². The predicted octanol–water partition coefficient (Wildman–Crippen LogP) is 4.33. The van der Waals surface area contributed by atoms with E-state index in [2.05, 4.69) is 5.32 Å². The maximum absolute atomic E-state index is 15.2. The third-order valence-electron chi connectivity index (χ3n) is 10.3. The summed E-state index contributed by atoms with van der Waals surface area (Å²) >= 11 is 0. The van der Waals surface area contributed by atoms with Crippen molar-refractivity contribution < 1.29 is 33.8 Å². The van der Waals surface area contributed by atoms with Gasteiger partial charge in [0.05, 0.1) is 30.7 Å². The highest BCUT2D eigenvalue weighted by atomic mass is 16.6. The van der Waals surface area contributed by atoms with Crippen molar-refractivity contribution in [3.8, 4) is 0 Å². The number of aliphatic hydroxyl groups is 1. The third kappa shape index (κ3) is 6.21. The number of anilines is 1. The van der Waals surface area contributed by atoms with Gasteiger partial charge < -0.3 is 29.7 Å². The quantitative estimate of drug-likeness (QED) is 0.347. The minimum Gasteiger partial charge on any atom is -0.455 e. The van der Waals surface area contributed by atoms with Gasteiger partial charge in [-0.3, -0.25) is 19.2 Å². The Balaban J connectivity index is 1.50. The van der Waals surface area contributed by atoms with Crippen LogP contribution in [0.2, 0.25) is 0 Å². The summed E-state index contributed by atoms with van der Waals surface area (Å²) in [6.45, 7) is 9.51. The number of fused-ring (bicyclic) bond motifs is 2. The number of aliphatic hydroxyl groups excluding tert-OH is 1. The Bertz CT molecular complexity index is 1630. The monoisotopic (exact) mass is 669 g/mol. The van der Waals surface area contributed by atoms with E-state index in [1.165, 1.54) is 4.90 Å². The van der Waals surface area contributed by atoms with E-state index in [1.807, 2.05) is 88.4 Å². The summed E-state index contributed by atoms with van der Waals surface area (Å²) < 4.78 is 12.9. The van der Waals surface area contributed by atoms with Crippen molar-refractivity contribution >= 4 is 29.4 Å². The zero-order valence-corrected chi connectivity index (χ0v) is 28.9. The number of rotatable bonds is 6. The van der Waals surface area contributed by atoms with Gasteiger partial charge in [0.1, 0.15) is 23.7 Å². The van der Waals surface area contributed by atoms with Crippen molar-refractivity contribution in [2.45, 2.75) is 89.8 Å². The topological polar surface area (TPSA) is 125 Å². The number of nitrogens with zero attached hydrogens (tertiary/aromatic N) is 2. The van der Waals surface area contributed by atoms with Crippen LogP contribution in [-0.2, 0) is 28.7 Å². The molecule has 4 aliphatic heterocycles. The van der Waals surface area contributed by atoms with Gasteiger partial charge in [0, 0.05) is 18.7 Å². The maximum atomic E-state index is 15.2. The number of carbonyl (C=O) groups excluding carboxylic acids is 4. The van der Waals surface area contributed by atoms with E-state index < -0.39 is 59.6 Å². The Labute approximate surface area is 288 Å². The van der Waals surface area contributed by atoms with E-state index in [0.717, 1.165) is 16.8 Å². The minimum atomic E-state index is -1.44. The minimum absolute atomic E-state index is 0.110. The van der Waals surface area contributed by atoms with Gasteiger partial charge in [-0.05, 0) is 56.2 Å². The van der Waals surface area contributed by atoms with Crippen molar-refractivity contribution in [2.24, 2.45) is 17.8 Å². The standard InChI is InChI=1S/C39H47N3O7/c1-23(2)21-28(22-43)42-35-37(46)41(33-24(3)13-12-14-25(33)4)20-11-7-10-17-30(44)40-26(5)34(27-15-8-6-9-16-27)48-38(47)31-29-18-19-39(35,49-29)32(31)36(42)45/h6-9,11-16,18-19,23,26,28-29,31-32,34-35,43H,10,17,20-22H2,1-5H3,(H,40,44)/b11-7-/t26-,28-,29+,31-,32-,34+,35+,39-/m1/s1. The second kappa shape index (κ2) is 13.9. The van der Waals surface area contributed by atoms with Gasteiger partial charge in [-0.2, -0.15) is 0 Å².